The molecule has 0 unspecified atom stereocenters. The van der Waals surface area contributed by atoms with Crippen LogP contribution >= 0.6 is 45.3 Å². The van der Waals surface area contributed by atoms with E-state index in [0.29, 0.717) is 66.5 Å². The van der Waals surface area contributed by atoms with Gasteiger partial charge in [-0.2, -0.15) is 13.2 Å². The highest BCUT2D eigenvalue weighted by Gasteiger charge is 2.49. The number of pyridine rings is 4. The van der Waals surface area contributed by atoms with Gasteiger partial charge in [0.1, 0.15) is 52.1 Å². The number of rotatable bonds is 27. The molecule has 8 amide bonds. The van der Waals surface area contributed by atoms with E-state index in [9.17, 15) is 80.7 Å². The Morgan fingerprint density at radius 1 is 0.414 bits per heavy atom. The number of carbonyl (C=O) groups excluding carboxylic acids is 8. The predicted molar refractivity (Wildman–Crippen MR) is 537 cm³/mol. The number of aromatic nitrogens is 8. The van der Waals surface area contributed by atoms with E-state index in [-0.39, 0.29) is 128 Å². The number of alkyl halides is 5. The van der Waals surface area contributed by atoms with Crippen molar-refractivity contribution in [1.29, 1.82) is 0 Å². The van der Waals surface area contributed by atoms with E-state index >= 15 is 0 Å². The van der Waals surface area contributed by atoms with Crippen LogP contribution in [0, 0.1) is 38.5 Å². The minimum absolute atomic E-state index is 0.00513. The number of hydrogen-bond donors (Lipinski definition) is 12. The van der Waals surface area contributed by atoms with Gasteiger partial charge in [0.05, 0.1) is 48.5 Å². The molecule has 0 aromatic carbocycles. The Hall–Kier alpha value is -10.4. The number of hydrogen-bond acceptors (Lipinski definition) is 28. The highest BCUT2D eigenvalue weighted by Crippen LogP contribution is 2.46. The summed E-state index contributed by atoms with van der Waals surface area (Å²) in [7, 11) is 0. The summed E-state index contributed by atoms with van der Waals surface area (Å²) in [5.41, 5.74) is 2.35. The fourth-order valence-electron chi connectivity index (χ4n) is 16.9. The van der Waals surface area contributed by atoms with Crippen molar-refractivity contribution in [2.45, 2.75) is 319 Å². The number of aliphatic hydroxyl groups is 4. The van der Waals surface area contributed by atoms with E-state index in [4.69, 9.17) is 0 Å². The maximum Gasteiger partial charge on any atom is 0.408 e. The first-order chi connectivity index (χ1) is 64.8. The summed E-state index contributed by atoms with van der Waals surface area (Å²) in [5, 5.41) is 63.4. The zero-order valence-corrected chi connectivity index (χ0v) is 87.8. The molecule has 14 rings (SSSR count). The number of nitrogens with one attached hydrogen (secondary N) is 8. The minimum Gasteiger partial charge on any atom is -0.389 e. The lowest BCUT2D eigenvalue weighted by molar-refractivity contribution is -0.138. The minimum atomic E-state index is -4.43. The van der Waals surface area contributed by atoms with Gasteiger partial charge < -0.3 is 82.6 Å². The summed E-state index contributed by atoms with van der Waals surface area (Å²) in [6.07, 6.45) is 11.6. The Labute approximate surface area is 831 Å². The van der Waals surface area contributed by atoms with Crippen LogP contribution in [0.3, 0.4) is 0 Å². The maximum atomic E-state index is 14.0. The molecular weight excluding hydrogens is 1880 g/mol. The van der Waals surface area contributed by atoms with Gasteiger partial charge in [-0.25, -0.2) is 48.7 Å². The van der Waals surface area contributed by atoms with E-state index < -0.39 is 89.1 Å². The molecule has 4 bridgehead atoms. The molecule has 764 valence electrons. The van der Waals surface area contributed by atoms with Gasteiger partial charge in [0.25, 0.3) is 53.2 Å². The molecule has 6 fully saturated rings. The third-order valence-corrected chi connectivity index (χ3v) is 28.5. The fourth-order valence-corrected chi connectivity index (χ4v) is 21.1. The van der Waals surface area contributed by atoms with Gasteiger partial charge in [-0.3, -0.25) is 38.4 Å². The van der Waals surface area contributed by atoms with Crippen molar-refractivity contribution < 1.29 is 80.7 Å². The van der Waals surface area contributed by atoms with E-state index in [1.165, 1.54) is 34.9 Å². The topological polar surface area (TPSA) is 430 Å². The molecule has 3 atom stereocenters. The second-order valence-corrected chi connectivity index (χ2v) is 47.6. The number of likely N-dealkylation sites (tertiary alicyclic amines) is 2. The molecule has 0 saturated carbocycles. The first kappa shape index (κ1) is 110. The van der Waals surface area contributed by atoms with Crippen LogP contribution in [0.4, 0.5) is 45.2 Å². The zero-order valence-electron chi connectivity index (χ0n) is 84.5. The van der Waals surface area contributed by atoms with Gasteiger partial charge in [0.15, 0.2) is 20.0 Å². The largest absolute Gasteiger partial charge is 0.408 e. The molecule has 14 heterocycles. The second kappa shape index (κ2) is 43.4. The number of halogens is 5. The highest BCUT2D eigenvalue weighted by atomic mass is 32.1. The van der Waals surface area contributed by atoms with Crippen LogP contribution in [0.15, 0.2) is 49.1 Å². The van der Waals surface area contributed by atoms with Gasteiger partial charge in [-0.1, -0.05) is 41.5 Å². The van der Waals surface area contributed by atoms with Gasteiger partial charge in [-0.15, -0.1) is 45.3 Å². The number of aryl methyl sites for hydroxylation is 4. The summed E-state index contributed by atoms with van der Waals surface area (Å²) < 4.78 is 66.8. The molecule has 0 aliphatic carbocycles. The number of amides is 8. The maximum absolute atomic E-state index is 14.0. The van der Waals surface area contributed by atoms with Crippen molar-refractivity contribution in [3.63, 3.8) is 0 Å². The third-order valence-electron chi connectivity index (χ3n) is 24.2. The van der Waals surface area contributed by atoms with Crippen LogP contribution in [0.5, 0.6) is 0 Å². The lowest BCUT2D eigenvalue weighted by atomic mass is 9.97. The van der Waals surface area contributed by atoms with Gasteiger partial charge in [0, 0.05) is 141 Å². The number of thiazole rings is 4. The number of carbonyl (C=O) groups is 8. The smallest absolute Gasteiger partial charge is 0.389 e. The zero-order chi connectivity index (χ0) is 104. The average molecular weight is 2020 g/mol. The summed E-state index contributed by atoms with van der Waals surface area (Å²) >= 11 is 4.41. The van der Waals surface area contributed by atoms with Gasteiger partial charge in [-0.05, 0) is 246 Å². The SMILES string of the molecule is Cc1cc(NC(C)(C)C)ncc1-c1sc(C(=O)NCC(C)(C)O)nc1C(=O)N1C2CCC1CC2.Cc1cc(NCC(C)(C)C)ncc1-c1sc(C(=O)NCC(C)(C)O)nc1C(=O)N1C2CCC1CC2.Cc1cc(NCC(C)(C)C)ncc1-c1sc(C(=O)NCC(C)(C)O)nc1C(=O)N1CC(F)(F)C[C@@H]1C.Cc1cc(N[C@@H](C)C(F)(F)F)ncc1-c1sc(C(=O)NCC(C)(C)O)nc1C(=O)N1CCC[C@@H]1C. The Morgan fingerprint density at radius 2 is 0.700 bits per heavy atom. The van der Waals surface area contributed by atoms with E-state index in [0.717, 1.165) is 145 Å². The summed E-state index contributed by atoms with van der Waals surface area (Å²) in [4.78, 5) is 150. The molecule has 140 heavy (non-hydrogen) atoms. The van der Waals surface area contributed by atoms with Crippen molar-refractivity contribution in [2.24, 2.45) is 10.8 Å². The van der Waals surface area contributed by atoms with Crippen LogP contribution in [-0.2, 0) is 0 Å². The molecule has 41 heteroatoms. The molecule has 12 N–H and O–H groups in total. The van der Waals surface area contributed by atoms with Crippen LogP contribution in [0.1, 0.15) is 313 Å². The summed E-state index contributed by atoms with van der Waals surface area (Å²) in [6.45, 7) is 45.3. The quantitative estimate of drug-likeness (QED) is 0.0213. The summed E-state index contributed by atoms with van der Waals surface area (Å²) in [5.74, 6) is -3.77. The molecule has 32 nitrogen and oxygen atoms in total. The van der Waals surface area contributed by atoms with Crippen molar-refractivity contribution >= 4 is 116 Å². The number of fused-ring (bicyclic) bond motifs is 4. The molecule has 6 saturated heterocycles. The Kier molecular flexibility index (Phi) is 34.1. The van der Waals surface area contributed by atoms with Crippen LogP contribution in [0.25, 0.3) is 41.8 Å². The molecule has 6 aliphatic rings. The fraction of sp³-hybridized carbons (Fsp3) is 0.596. The van der Waals surface area contributed by atoms with E-state index in [2.05, 4.69) is 145 Å². The normalized spacial score (nSPS) is 18.8. The van der Waals surface area contributed by atoms with E-state index in [1.807, 2.05) is 55.7 Å². The van der Waals surface area contributed by atoms with Crippen LogP contribution in [-0.4, -0.2) is 262 Å². The first-order valence-electron chi connectivity index (χ1n) is 47.5. The Morgan fingerprint density at radius 3 is 0.964 bits per heavy atom. The summed E-state index contributed by atoms with van der Waals surface area (Å²) in [6, 6.07) is 5.86. The van der Waals surface area contributed by atoms with Crippen molar-refractivity contribution in [3.05, 3.63) is 114 Å². The molecule has 0 radical (unpaired) electrons. The number of nitrogens with zero attached hydrogens (tertiary/aromatic N) is 12. The Balaban J connectivity index is 0.000000179. The first-order valence-corrected chi connectivity index (χ1v) is 50.7. The van der Waals surface area contributed by atoms with Crippen molar-refractivity contribution in [1.82, 2.24) is 80.7 Å². The molecule has 8 aromatic rings. The molecule has 8 aromatic heterocycles. The van der Waals surface area contributed by atoms with Crippen molar-refractivity contribution in [2.75, 3.05) is 73.6 Å². The highest BCUT2D eigenvalue weighted by molar-refractivity contribution is 7.18. The molecule has 6 aliphatic heterocycles. The number of anilines is 4. The van der Waals surface area contributed by atoms with Crippen LogP contribution < -0.4 is 42.5 Å². The monoisotopic (exact) mass is 2020 g/mol. The van der Waals surface area contributed by atoms with Gasteiger partial charge in [0.2, 0.25) is 0 Å². The lowest BCUT2D eigenvalue weighted by Crippen LogP contribution is -2.38. The van der Waals surface area contributed by atoms with Crippen molar-refractivity contribution in [3.8, 4) is 41.8 Å². The Bertz CT molecular complexity index is 5810. The molecule has 0 spiro atoms. The van der Waals surface area contributed by atoms with E-state index in [1.54, 1.807) is 92.7 Å². The predicted octanol–water partition coefficient (Wildman–Crippen LogP) is 16.6. The second-order valence-electron chi connectivity index (χ2n) is 43.6. The standard InChI is InChI=1S/C26H37N5O3S.C25H35F2N5O3S.C25H35N5O3S.C23H30F3N5O3S/c1-15-11-19(28-13-25(2,3)4)27-12-18(15)21-20(24(33)31-16-7-8-17(31)10-9-16)30-23(35-21)22(32)29-14-26(5,6)34;1-14-8-17(29-11-23(3,4)5)28-10-16(14)19-18(22(34)32-13-25(26,27)9-15(32)2)31-21(36-19)20(33)30-12-24(6,7)35;1-14-11-18(29-24(2,3)4)26-12-17(14)20-19(23(32)30-15-7-8-16(30)10-9-15)28-22(34-20)21(31)27-13-25(5,6)33;1-12-9-16(29-14(3)23(24,25)26)27-10-15(12)18-17(21(33)31-8-6-7-13(31)2)30-20(35-18)19(32)28-11-22(4,5)34/h11-12,16-17,34H,7-10,13-14H2,1-6H3,(H,27,28)(H,29,32);8,10,15,35H,9,11-13H2,1-7H3,(H,28,29)(H,30,33);11-12,15-16,33H,7-10,13H2,1-6H3,(H,26,29)(H,27,31);9-10,13-14,34H,6-8,11H2,1-5H3,(H,27,29)(H,28,32)/t;15-;;13-,14-/m.0.0/s1. The van der Waals surface area contributed by atoms with Crippen LogP contribution in [0.2, 0.25) is 0 Å². The average Bonchev–Trinajstić information content (AvgIpc) is 1.62. The third kappa shape index (κ3) is 29.2. The molecular formula is C99H137F5N20O12S4. The van der Waals surface area contributed by atoms with Gasteiger partial charge >= 0.3 is 6.18 Å². The lowest BCUT2D eigenvalue weighted by Gasteiger charge is -2.22.